The number of carbonyl (C=O) groups is 1. The maximum atomic E-state index is 10.8. The topological polar surface area (TPSA) is 92.8 Å². The average molecular weight is 557 g/mol. The largest absolute Gasteiger partial charge is 0.507 e. The lowest BCUT2D eigenvalue weighted by atomic mass is 10.1. The highest BCUT2D eigenvalue weighted by Gasteiger charge is 2.16. The van der Waals surface area contributed by atoms with E-state index in [2.05, 4.69) is 31.9 Å². The first-order valence-electron chi connectivity index (χ1n) is 6.40. The zero-order valence-corrected chi connectivity index (χ0v) is 16.9. The van der Waals surface area contributed by atoms with Crippen molar-refractivity contribution in [2.75, 3.05) is 0 Å². The van der Waals surface area contributed by atoms with Gasteiger partial charge in [0.25, 0.3) is 0 Å². The SMILES string of the molecule is NC(Cc1cc(Br)c(Oc2ccc(O)c(I)c2)c(Br)c1)C(=O)O. The highest BCUT2D eigenvalue weighted by atomic mass is 127. The molecule has 8 heteroatoms. The van der Waals surface area contributed by atoms with Crippen molar-refractivity contribution in [2.45, 2.75) is 12.5 Å². The van der Waals surface area contributed by atoms with Crippen molar-refractivity contribution in [3.8, 4) is 17.2 Å². The van der Waals surface area contributed by atoms with E-state index >= 15 is 0 Å². The van der Waals surface area contributed by atoms with Crippen LogP contribution in [0.25, 0.3) is 0 Å². The molecule has 2 aromatic carbocycles. The van der Waals surface area contributed by atoms with Gasteiger partial charge in [0.15, 0.2) is 5.75 Å². The van der Waals surface area contributed by atoms with Gasteiger partial charge in [0.05, 0.1) is 12.5 Å². The van der Waals surface area contributed by atoms with Crippen molar-refractivity contribution < 1.29 is 19.7 Å². The second-order valence-electron chi connectivity index (χ2n) is 4.75. The van der Waals surface area contributed by atoms with E-state index < -0.39 is 12.0 Å². The van der Waals surface area contributed by atoms with Gasteiger partial charge in [0.2, 0.25) is 0 Å². The Kier molecular flexibility index (Phi) is 6.29. The summed E-state index contributed by atoms with van der Waals surface area (Å²) in [6.45, 7) is 0. The van der Waals surface area contributed by atoms with E-state index in [1.54, 1.807) is 30.3 Å². The zero-order chi connectivity index (χ0) is 17.1. The van der Waals surface area contributed by atoms with Crippen molar-refractivity contribution in [2.24, 2.45) is 5.73 Å². The van der Waals surface area contributed by atoms with Crippen molar-refractivity contribution in [3.05, 3.63) is 48.4 Å². The number of hydrogen-bond donors (Lipinski definition) is 3. The molecule has 1 atom stereocenters. The minimum absolute atomic E-state index is 0.189. The number of hydrogen-bond acceptors (Lipinski definition) is 4. The van der Waals surface area contributed by atoms with Gasteiger partial charge in [-0.25, -0.2) is 0 Å². The van der Waals surface area contributed by atoms with Crippen LogP contribution in [-0.4, -0.2) is 22.2 Å². The summed E-state index contributed by atoms with van der Waals surface area (Å²) < 4.78 is 7.84. The molecule has 0 saturated carbocycles. The number of halogens is 3. The maximum Gasteiger partial charge on any atom is 0.320 e. The first kappa shape index (κ1) is 18.5. The minimum atomic E-state index is -1.05. The van der Waals surface area contributed by atoms with Crippen LogP contribution in [-0.2, 0) is 11.2 Å². The Bertz CT molecular complexity index is 731. The number of nitrogens with two attached hydrogens (primary N) is 1. The van der Waals surface area contributed by atoms with Gasteiger partial charge in [0, 0.05) is 0 Å². The molecule has 0 amide bonds. The fourth-order valence-electron chi connectivity index (χ4n) is 1.84. The molecule has 0 aromatic heterocycles. The number of phenolic OH excluding ortho intramolecular Hbond substituents is 1. The van der Waals surface area contributed by atoms with E-state index in [0.717, 1.165) is 5.56 Å². The number of ether oxygens (including phenoxy) is 1. The summed E-state index contributed by atoms with van der Waals surface area (Å²) in [5.74, 6) is 0.271. The summed E-state index contributed by atoms with van der Waals surface area (Å²) in [6, 6.07) is 7.51. The monoisotopic (exact) mass is 555 g/mol. The third kappa shape index (κ3) is 4.82. The fraction of sp³-hybridized carbons (Fsp3) is 0.133. The third-order valence-corrected chi connectivity index (χ3v) is 5.01. The van der Waals surface area contributed by atoms with Gasteiger partial charge in [0.1, 0.15) is 17.5 Å². The number of carboxylic acid groups (broad SMARTS) is 1. The normalized spacial score (nSPS) is 12.0. The van der Waals surface area contributed by atoms with Gasteiger partial charge in [-0.05, 0) is 96.8 Å². The number of carboxylic acids is 1. The van der Waals surface area contributed by atoms with Crippen molar-refractivity contribution in [3.63, 3.8) is 0 Å². The molecule has 0 heterocycles. The van der Waals surface area contributed by atoms with Crippen molar-refractivity contribution in [1.29, 1.82) is 0 Å². The molecule has 122 valence electrons. The van der Waals surface area contributed by atoms with E-state index in [1.165, 1.54) is 0 Å². The van der Waals surface area contributed by atoms with Crippen molar-refractivity contribution >= 4 is 60.4 Å². The second-order valence-corrected chi connectivity index (χ2v) is 7.62. The molecule has 0 spiro atoms. The molecule has 0 saturated heterocycles. The smallest absolute Gasteiger partial charge is 0.320 e. The molecule has 0 fully saturated rings. The van der Waals surface area contributed by atoms with Gasteiger partial charge in [-0.2, -0.15) is 0 Å². The van der Waals surface area contributed by atoms with Gasteiger partial charge in [-0.15, -0.1) is 0 Å². The summed E-state index contributed by atoms with van der Waals surface area (Å²) in [5, 5.41) is 18.4. The Balaban J connectivity index is 2.26. The maximum absolute atomic E-state index is 10.8. The quantitative estimate of drug-likeness (QED) is 0.479. The molecular weight excluding hydrogens is 545 g/mol. The predicted octanol–water partition coefficient (Wildman–Crippen LogP) is 4.27. The molecule has 2 aromatic rings. The van der Waals surface area contributed by atoms with Crippen LogP contribution in [0, 0.1) is 3.57 Å². The number of aliphatic carboxylic acids is 1. The molecule has 23 heavy (non-hydrogen) atoms. The van der Waals surface area contributed by atoms with Crippen LogP contribution in [0.1, 0.15) is 5.56 Å². The Morgan fingerprint density at radius 3 is 2.39 bits per heavy atom. The third-order valence-electron chi connectivity index (χ3n) is 2.97. The van der Waals surface area contributed by atoms with E-state index in [0.29, 0.717) is 24.0 Å². The second kappa shape index (κ2) is 7.82. The van der Waals surface area contributed by atoms with Gasteiger partial charge >= 0.3 is 5.97 Å². The Morgan fingerprint density at radius 1 is 1.26 bits per heavy atom. The summed E-state index contributed by atoms with van der Waals surface area (Å²) in [7, 11) is 0. The molecular formula is C15H12Br2INO4. The molecule has 1 unspecified atom stereocenters. The Labute approximate surface area is 163 Å². The molecule has 0 aliphatic rings. The van der Waals surface area contributed by atoms with Crippen LogP contribution in [0.15, 0.2) is 39.3 Å². The molecule has 0 radical (unpaired) electrons. The van der Waals surface area contributed by atoms with Gasteiger partial charge < -0.3 is 20.7 Å². The van der Waals surface area contributed by atoms with Crippen LogP contribution in [0.4, 0.5) is 0 Å². The van der Waals surface area contributed by atoms with Crippen LogP contribution in [0.3, 0.4) is 0 Å². The highest BCUT2D eigenvalue weighted by molar-refractivity contribution is 14.1. The number of aromatic hydroxyl groups is 1. The van der Waals surface area contributed by atoms with Crippen LogP contribution in [0.2, 0.25) is 0 Å². The van der Waals surface area contributed by atoms with Crippen LogP contribution >= 0.6 is 54.5 Å². The lowest BCUT2D eigenvalue weighted by Gasteiger charge is -2.13. The summed E-state index contributed by atoms with van der Waals surface area (Å²) >= 11 is 8.85. The zero-order valence-electron chi connectivity index (χ0n) is 11.6. The van der Waals surface area contributed by atoms with Crippen LogP contribution in [0.5, 0.6) is 17.2 Å². The molecule has 4 N–H and O–H groups in total. The van der Waals surface area contributed by atoms with E-state index in [1.807, 2.05) is 22.6 Å². The number of phenols is 1. The Hall–Kier alpha value is -0.840. The molecule has 0 aliphatic carbocycles. The van der Waals surface area contributed by atoms with Gasteiger partial charge in [-0.3, -0.25) is 4.79 Å². The standard InChI is InChI=1S/C15H12Br2INO4/c16-9-3-7(5-12(19)15(21)22)4-10(17)14(9)23-8-1-2-13(20)11(18)6-8/h1-4,6,12,20H,5,19H2,(H,21,22). The summed E-state index contributed by atoms with van der Waals surface area (Å²) in [5.41, 5.74) is 6.32. The van der Waals surface area contributed by atoms with Gasteiger partial charge in [-0.1, -0.05) is 0 Å². The lowest BCUT2D eigenvalue weighted by Crippen LogP contribution is -2.32. The lowest BCUT2D eigenvalue weighted by molar-refractivity contribution is -0.138. The minimum Gasteiger partial charge on any atom is -0.507 e. The highest BCUT2D eigenvalue weighted by Crippen LogP contribution is 2.39. The summed E-state index contributed by atoms with van der Waals surface area (Å²) in [4.78, 5) is 10.8. The molecule has 0 bridgehead atoms. The van der Waals surface area contributed by atoms with E-state index in [9.17, 15) is 9.90 Å². The van der Waals surface area contributed by atoms with E-state index in [-0.39, 0.29) is 12.2 Å². The summed E-state index contributed by atoms with van der Waals surface area (Å²) in [6.07, 6.45) is 0.212. The van der Waals surface area contributed by atoms with E-state index in [4.69, 9.17) is 15.6 Å². The average Bonchev–Trinajstić information content (AvgIpc) is 2.46. The Morgan fingerprint density at radius 2 is 1.87 bits per heavy atom. The fourth-order valence-corrected chi connectivity index (χ4v) is 3.77. The first-order valence-corrected chi connectivity index (χ1v) is 9.07. The van der Waals surface area contributed by atoms with Crippen LogP contribution < -0.4 is 10.5 Å². The predicted molar refractivity (Wildman–Crippen MR) is 102 cm³/mol. The molecule has 5 nitrogen and oxygen atoms in total. The molecule has 0 aliphatic heterocycles. The first-order chi connectivity index (χ1) is 10.8. The number of benzene rings is 2. The molecule has 2 rings (SSSR count). The number of rotatable bonds is 5. The van der Waals surface area contributed by atoms with Crippen molar-refractivity contribution in [1.82, 2.24) is 0 Å².